The van der Waals surface area contributed by atoms with Crippen molar-refractivity contribution in [3.8, 4) is 0 Å². The zero-order chi connectivity index (χ0) is 9.97. The van der Waals surface area contributed by atoms with E-state index in [0.717, 1.165) is 25.9 Å². The molecule has 2 aliphatic heterocycles. The highest BCUT2D eigenvalue weighted by atomic mass is 16.2. The van der Waals surface area contributed by atoms with Crippen LogP contribution in [0.2, 0.25) is 0 Å². The van der Waals surface area contributed by atoms with Crippen LogP contribution in [0, 0.1) is 0 Å². The number of rotatable bonds is 1. The fourth-order valence-corrected chi connectivity index (χ4v) is 2.58. The Labute approximate surface area is 85.2 Å². The average molecular weight is 194 g/mol. The van der Waals surface area contributed by atoms with Gasteiger partial charge in [-0.3, -0.25) is 4.79 Å². The Bertz CT molecular complexity index is 250. The zero-order valence-electron chi connectivity index (χ0n) is 8.70. The maximum Gasteiger partial charge on any atom is 0.246 e. The van der Waals surface area contributed by atoms with E-state index in [0.29, 0.717) is 12.1 Å². The van der Waals surface area contributed by atoms with Gasteiger partial charge in [-0.25, -0.2) is 0 Å². The standard InChI is InChI=1S/C11H18N2O/c1-2-4-11(14)13-8-3-5-9-10(13)6-7-12-9/h2,4,9-10,12H,3,5-8H2,1H3/b4-2+. The third-order valence-electron chi connectivity index (χ3n) is 3.22. The number of hydrogen-bond donors (Lipinski definition) is 1. The smallest absolute Gasteiger partial charge is 0.246 e. The molecule has 0 aromatic rings. The fraction of sp³-hybridized carbons (Fsp3) is 0.727. The van der Waals surface area contributed by atoms with Crippen LogP contribution in [-0.2, 0) is 4.79 Å². The summed E-state index contributed by atoms with van der Waals surface area (Å²) in [5.41, 5.74) is 0. The highest BCUT2D eigenvalue weighted by molar-refractivity contribution is 5.87. The summed E-state index contributed by atoms with van der Waals surface area (Å²) in [7, 11) is 0. The topological polar surface area (TPSA) is 32.3 Å². The van der Waals surface area contributed by atoms with Gasteiger partial charge in [-0.15, -0.1) is 0 Å². The lowest BCUT2D eigenvalue weighted by Crippen LogP contribution is -2.50. The SMILES string of the molecule is C/C=C/C(=O)N1CCCC2NCCC21. The van der Waals surface area contributed by atoms with Crippen molar-refractivity contribution < 1.29 is 4.79 Å². The molecule has 0 spiro atoms. The van der Waals surface area contributed by atoms with Gasteiger partial charge in [0, 0.05) is 18.6 Å². The maximum atomic E-state index is 11.8. The molecular formula is C11H18N2O. The van der Waals surface area contributed by atoms with Crippen LogP contribution in [0.25, 0.3) is 0 Å². The summed E-state index contributed by atoms with van der Waals surface area (Å²) in [5, 5.41) is 3.47. The van der Waals surface area contributed by atoms with Crippen LogP contribution >= 0.6 is 0 Å². The van der Waals surface area contributed by atoms with Gasteiger partial charge in [-0.05, 0) is 38.8 Å². The summed E-state index contributed by atoms with van der Waals surface area (Å²) in [6, 6.07) is 1.01. The second-order valence-electron chi connectivity index (χ2n) is 4.09. The quantitative estimate of drug-likeness (QED) is 0.629. The van der Waals surface area contributed by atoms with Gasteiger partial charge in [0.1, 0.15) is 0 Å². The summed E-state index contributed by atoms with van der Waals surface area (Å²) in [5.74, 6) is 0.186. The first-order chi connectivity index (χ1) is 6.83. The molecule has 2 atom stereocenters. The minimum absolute atomic E-state index is 0.186. The average Bonchev–Trinajstić information content (AvgIpc) is 2.65. The van der Waals surface area contributed by atoms with Gasteiger partial charge in [0.25, 0.3) is 0 Å². The summed E-state index contributed by atoms with van der Waals surface area (Å²) < 4.78 is 0. The molecule has 0 aliphatic carbocycles. The molecule has 14 heavy (non-hydrogen) atoms. The number of nitrogens with zero attached hydrogens (tertiary/aromatic N) is 1. The van der Waals surface area contributed by atoms with E-state index in [1.54, 1.807) is 6.08 Å². The van der Waals surface area contributed by atoms with Gasteiger partial charge in [-0.1, -0.05) is 6.08 Å². The predicted molar refractivity (Wildman–Crippen MR) is 56.0 cm³/mol. The molecule has 2 fully saturated rings. The Balaban J connectivity index is 2.06. The van der Waals surface area contributed by atoms with E-state index in [2.05, 4.69) is 5.32 Å². The lowest BCUT2D eigenvalue weighted by molar-refractivity contribution is -0.129. The number of nitrogens with one attached hydrogen (secondary N) is 1. The first-order valence-corrected chi connectivity index (χ1v) is 5.49. The molecule has 1 amide bonds. The van der Waals surface area contributed by atoms with Crippen LogP contribution in [0.15, 0.2) is 12.2 Å². The summed E-state index contributed by atoms with van der Waals surface area (Å²) in [6.07, 6.45) is 6.99. The molecular weight excluding hydrogens is 176 g/mol. The molecule has 1 N–H and O–H groups in total. The number of likely N-dealkylation sites (tertiary alicyclic amines) is 1. The molecule has 0 aromatic carbocycles. The molecule has 78 valence electrons. The molecule has 0 bridgehead atoms. The lowest BCUT2D eigenvalue weighted by atomic mass is 9.97. The lowest BCUT2D eigenvalue weighted by Gasteiger charge is -2.36. The third kappa shape index (κ3) is 1.69. The molecule has 0 radical (unpaired) electrons. The molecule has 0 aromatic heterocycles. The largest absolute Gasteiger partial charge is 0.335 e. The van der Waals surface area contributed by atoms with Crippen molar-refractivity contribution in [2.75, 3.05) is 13.1 Å². The van der Waals surface area contributed by atoms with Crippen molar-refractivity contribution in [1.82, 2.24) is 10.2 Å². The minimum atomic E-state index is 0.186. The van der Waals surface area contributed by atoms with Crippen LogP contribution in [0.1, 0.15) is 26.2 Å². The molecule has 3 heteroatoms. The molecule has 2 saturated heterocycles. The van der Waals surface area contributed by atoms with E-state index in [-0.39, 0.29) is 5.91 Å². The second kappa shape index (κ2) is 4.13. The monoisotopic (exact) mass is 194 g/mol. The highest BCUT2D eigenvalue weighted by Gasteiger charge is 2.36. The van der Waals surface area contributed by atoms with E-state index in [4.69, 9.17) is 0 Å². The van der Waals surface area contributed by atoms with Gasteiger partial charge >= 0.3 is 0 Å². The highest BCUT2D eigenvalue weighted by Crippen LogP contribution is 2.24. The van der Waals surface area contributed by atoms with Gasteiger partial charge < -0.3 is 10.2 Å². The van der Waals surface area contributed by atoms with Crippen molar-refractivity contribution in [3.05, 3.63) is 12.2 Å². The van der Waals surface area contributed by atoms with Crippen LogP contribution in [0.4, 0.5) is 0 Å². The Morgan fingerprint density at radius 1 is 1.50 bits per heavy atom. The summed E-state index contributed by atoms with van der Waals surface area (Å²) in [6.45, 7) is 3.90. The number of piperidine rings is 1. The van der Waals surface area contributed by atoms with Crippen molar-refractivity contribution in [1.29, 1.82) is 0 Å². The fourth-order valence-electron chi connectivity index (χ4n) is 2.58. The summed E-state index contributed by atoms with van der Waals surface area (Å²) >= 11 is 0. The third-order valence-corrected chi connectivity index (χ3v) is 3.22. The van der Waals surface area contributed by atoms with Crippen LogP contribution in [0.5, 0.6) is 0 Å². The predicted octanol–water partition coefficient (Wildman–Crippen LogP) is 0.915. The molecule has 3 nitrogen and oxygen atoms in total. The molecule has 0 saturated carbocycles. The van der Waals surface area contributed by atoms with Crippen molar-refractivity contribution >= 4 is 5.91 Å². The minimum Gasteiger partial charge on any atom is -0.335 e. The normalized spacial score (nSPS) is 32.2. The number of amides is 1. The second-order valence-corrected chi connectivity index (χ2v) is 4.09. The number of fused-ring (bicyclic) bond motifs is 1. The van der Waals surface area contributed by atoms with Crippen molar-refractivity contribution in [2.24, 2.45) is 0 Å². The van der Waals surface area contributed by atoms with Crippen LogP contribution < -0.4 is 5.32 Å². The summed E-state index contributed by atoms with van der Waals surface area (Å²) in [4.78, 5) is 13.8. The van der Waals surface area contributed by atoms with Gasteiger partial charge in [0.2, 0.25) is 5.91 Å². The first kappa shape index (κ1) is 9.71. The number of hydrogen-bond acceptors (Lipinski definition) is 2. The van der Waals surface area contributed by atoms with Gasteiger partial charge in [0.15, 0.2) is 0 Å². The maximum absolute atomic E-state index is 11.8. The Hall–Kier alpha value is -0.830. The molecule has 2 aliphatic rings. The van der Waals surface area contributed by atoms with Gasteiger partial charge in [-0.2, -0.15) is 0 Å². The van der Waals surface area contributed by atoms with Crippen LogP contribution in [-0.4, -0.2) is 36.0 Å². The van der Waals surface area contributed by atoms with Crippen molar-refractivity contribution in [3.63, 3.8) is 0 Å². The number of allylic oxidation sites excluding steroid dienone is 1. The number of carbonyl (C=O) groups is 1. The van der Waals surface area contributed by atoms with E-state index < -0.39 is 0 Å². The number of carbonyl (C=O) groups excluding carboxylic acids is 1. The van der Waals surface area contributed by atoms with Gasteiger partial charge in [0.05, 0.1) is 0 Å². The first-order valence-electron chi connectivity index (χ1n) is 5.49. The van der Waals surface area contributed by atoms with E-state index in [1.165, 1.54) is 6.42 Å². The van der Waals surface area contributed by atoms with Crippen LogP contribution in [0.3, 0.4) is 0 Å². The molecule has 2 rings (SSSR count). The van der Waals surface area contributed by atoms with E-state index in [1.807, 2.05) is 17.9 Å². The van der Waals surface area contributed by atoms with Crippen molar-refractivity contribution in [2.45, 2.75) is 38.3 Å². The Morgan fingerprint density at radius 2 is 2.36 bits per heavy atom. The molecule has 2 heterocycles. The van der Waals surface area contributed by atoms with E-state index in [9.17, 15) is 4.79 Å². The van der Waals surface area contributed by atoms with E-state index >= 15 is 0 Å². The Morgan fingerprint density at radius 3 is 3.14 bits per heavy atom. The Kier molecular flexibility index (Phi) is 2.87. The zero-order valence-corrected chi connectivity index (χ0v) is 8.70. The molecule has 2 unspecified atom stereocenters.